The van der Waals surface area contributed by atoms with Crippen molar-refractivity contribution in [2.75, 3.05) is 0 Å². The van der Waals surface area contributed by atoms with Crippen LogP contribution in [0.5, 0.6) is 0 Å². The lowest BCUT2D eigenvalue weighted by Crippen LogP contribution is -1.75. The van der Waals surface area contributed by atoms with Crippen LogP contribution in [0.4, 0.5) is 0 Å². The Hall–Kier alpha value is 0.0700. The fourth-order valence-corrected chi connectivity index (χ4v) is 0.677. The predicted octanol–water partition coefficient (Wildman–Crippen LogP) is 2.32. The molecule has 70 valence electrons. The highest BCUT2D eigenvalue weighted by atomic mass is 32.2. The van der Waals surface area contributed by atoms with Crippen LogP contribution < -0.4 is 0 Å². The largest absolute Gasteiger partial charge is 0.750 e. The molecule has 0 fully saturated rings. The van der Waals surface area contributed by atoms with E-state index in [-0.39, 0.29) is 0 Å². The SMILES string of the molecule is CCCCCCC.O=S([O-])O. The molecule has 0 aromatic rings. The van der Waals surface area contributed by atoms with Crippen LogP contribution in [0, 0.1) is 0 Å². The van der Waals surface area contributed by atoms with Gasteiger partial charge in [-0.2, -0.15) is 0 Å². The van der Waals surface area contributed by atoms with Crippen molar-refractivity contribution in [3.63, 3.8) is 0 Å². The summed E-state index contributed by atoms with van der Waals surface area (Å²) in [5.74, 6) is 0. The molecule has 0 aliphatic rings. The molecule has 11 heavy (non-hydrogen) atoms. The first-order valence-electron chi connectivity index (χ1n) is 3.93. The monoisotopic (exact) mass is 181 g/mol. The zero-order valence-corrected chi connectivity index (χ0v) is 8.02. The lowest BCUT2D eigenvalue weighted by Gasteiger charge is -1.90. The molecule has 0 spiro atoms. The van der Waals surface area contributed by atoms with E-state index in [1.54, 1.807) is 0 Å². The minimum Gasteiger partial charge on any atom is -0.750 e. The summed E-state index contributed by atoms with van der Waals surface area (Å²) in [7, 11) is 0. The molecule has 0 aliphatic heterocycles. The van der Waals surface area contributed by atoms with Crippen LogP contribution in [-0.4, -0.2) is 13.3 Å². The summed E-state index contributed by atoms with van der Waals surface area (Å²) in [6.45, 7) is 4.49. The molecule has 4 heteroatoms. The van der Waals surface area contributed by atoms with E-state index in [2.05, 4.69) is 13.8 Å². The van der Waals surface area contributed by atoms with Crippen LogP contribution in [0.25, 0.3) is 0 Å². The molecule has 0 saturated heterocycles. The Morgan fingerprint density at radius 3 is 1.64 bits per heavy atom. The van der Waals surface area contributed by atoms with Gasteiger partial charge in [-0.1, -0.05) is 46.0 Å². The summed E-state index contributed by atoms with van der Waals surface area (Å²) in [5, 5.41) is 0. The molecular weight excluding hydrogens is 164 g/mol. The first-order chi connectivity index (χ1) is 5.15. The molecule has 1 unspecified atom stereocenters. The maximum Gasteiger partial charge on any atom is 0.0814 e. The van der Waals surface area contributed by atoms with Crippen LogP contribution in [0.2, 0.25) is 0 Å². The van der Waals surface area contributed by atoms with E-state index >= 15 is 0 Å². The molecule has 0 radical (unpaired) electrons. The van der Waals surface area contributed by atoms with Gasteiger partial charge in [0.2, 0.25) is 0 Å². The van der Waals surface area contributed by atoms with Crippen molar-refractivity contribution in [1.29, 1.82) is 0 Å². The Morgan fingerprint density at radius 2 is 1.45 bits per heavy atom. The summed E-state index contributed by atoms with van der Waals surface area (Å²) in [6.07, 6.45) is 7.01. The van der Waals surface area contributed by atoms with Gasteiger partial charge in [0.25, 0.3) is 0 Å². The predicted molar refractivity (Wildman–Crippen MR) is 46.0 cm³/mol. The minimum absolute atomic E-state index is 1.36. The molecule has 0 aromatic carbocycles. The van der Waals surface area contributed by atoms with Crippen LogP contribution in [0.3, 0.4) is 0 Å². The van der Waals surface area contributed by atoms with Crippen molar-refractivity contribution < 1.29 is 13.3 Å². The van der Waals surface area contributed by atoms with Gasteiger partial charge in [0.15, 0.2) is 0 Å². The van der Waals surface area contributed by atoms with E-state index in [0.29, 0.717) is 0 Å². The molecule has 0 heterocycles. The third-order valence-corrected chi connectivity index (χ3v) is 1.21. The van der Waals surface area contributed by atoms with Crippen LogP contribution in [-0.2, 0) is 11.4 Å². The maximum atomic E-state index is 8.56. The second kappa shape index (κ2) is 12.7. The Balaban J connectivity index is 0. The molecule has 1 N–H and O–H groups in total. The molecule has 0 saturated carbocycles. The molecule has 0 amide bonds. The smallest absolute Gasteiger partial charge is 0.0814 e. The third kappa shape index (κ3) is 39.6. The highest BCUT2D eigenvalue weighted by Gasteiger charge is 1.80. The first-order valence-corrected chi connectivity index (χ1v) is 4.96. The number of hydrogen-bond donors (Lipinski definition) is 1. The van der Waals surface area contributed by atoms with Gasteiger partial charge in [-0.05, 0) is 0 Å². The number of rotatable bonds is 4. The minimum atomic E-state index is -2.86. The number of unbranched alkanes of at least 4 members (excludes halogenated alkanes) is 4. The summed E-state index contributed by atoms with van der Waals surface area (Å²) in [4.78, 5) is 0. The second-order valence-electron chi connectivity index (χ2n) is 2.28. The molecule has 3 nitrogen and oxygen atoms in total. The highest BCUT2D eigenvalue weighted by Crippen LogP contribution is 2.00. The Morgan fingerprint density at radius 1 is 1.18 bits per heavy atom. The van der Waals surface area contributed by atoms with Crippen molar-refractivity contribution >= 4 is 11.4 Å². The zero-order valence-electron chi connectivity index (χ0n) is 7.21. The van der Waals surface area contributed by atoms with Gasteiger partial charge in [-0.25, -0.2) is 4.21 Å². The lowest BCUT2D eigenvalue weighted by molar-refractivity contribution is 0.436. The topological polar surface area (TPSA) is 60.4 Å². The summed E-state index contributed by atoms with van der Waals surface area (Å²) in [5.41, 5.74) is 0. The Bertz CT molecular complexity index is 77.8. The van der Waals surface area contributed by atoms with Crippen LogP contribution in [0.1, 0.15) is 46.0 Å². The summed E-state index contributed by atoms with van der Waals surface area (Å²) in [6, 6.07) is 0. The van der Waals surface area contributed by atoms with Gasteiger partial charge < -0.3 is 9.11 Å². The average Bonchev–Trinajstić information content (AvgIpc) is 1.88. The van der Waals surface area contributed by atoms with Crippen molar-refractivity contribution in [1.82, 2.24) is 0 Å². The maximum absolute atomic E-state index is 8.56. The molecule has 0 aliphatic carbocycles. The first kappa shape index (κ1) is 13.6. The average molecular weight is 181 g/mol. The van der Waals surface area contributed by atoms with Gasteiger partial charge in [0.1, 0.15) is 0 Å². The molecule has 0 aromatic heterocycles. The third-order valence-electron chi connectivity index (χ3n) is 1.21. The van der Waals surface area contributed by atoms with Gasteiger partial charge in [-0.15, -0.1) is 0 Å². The van der Waals surface area contributed by atoms with Gasteiger partial charge in [0.05, 0.1) is 11.4 Å². The van der Waals surface area contributed by atoms with E-state index in [1.807, 2.05) is 0 Å². The van der Waals surface area contributed by atoms with E-state index in [1.165, 1.54) is 32.1 Å². The van der Waals surface area contributed by atoms with Crippen molar-refractivity contribution in [2.24, 2.45) is 0 Å². The van der Waals surface area contributed by atoms with E-state index in [4.69, 9.17) is 13.3 Å². The fraction of sp³-hybridized carbons (Fsp3) is 1.00. The Labute approximate surface area is 71.3 Å². The summed E-state index contributed by atoms with van der Waals surface area (Å²) < 4.78 is 24.1. The van der Waals surface area contributed by atoms with Crippen molar-refractivity contribution in [3.05, 3.63) is 0 Å². The van der Waals surface area contributed by atoms with Gasteiger partial charge >= 0.3 is 0 Å². The van der Waals surface area contributed by atoms with E-state index in [9.17, 15) is 0 Å². The Kier molecular flexibility index (Phi) is 15.8. The van der Waals surface area contributed by atoms with Crippen LogP contribution in [0.15, 0.2) is 0 Å². The number of hydrogen-bond acceptors (Lipinski definition) is 2. The second-order valence-corrected chi connectivity index (χ2v) is 2.71. The van der Waals surface area contributed by atoms with Crippen LogP contribution >= 0.6 is 0 Å². The zero-order chi connectivity index (χ0) is 9.11. The van der Waals surface area contributed by atoms with Gasteiger partial charge in [-0.3, -0.25) is 0 Å². The van der Waals surface area contributed by atoms with Crippen molar-refractivity contribution in [2.45, 2.75) is 46.0 Å². The lowest BCUT2D eigenvalue weighted by atomic mass is 10.2. The molecule has 1 atom stereocenters. The quantitative estimate of drug-likeness (QED) is 0.534. The van der Waals surface area contributed by atoms with Gasteiger partial charge in [0, 0.05) is 0 Å². The summed E-state index contributed by atoms with van der Waals surface area (Å²) >= 11 is -2.86. The standard InChI is InChI=1S/C7H16.H2O3S/c1-3-5-7-6-4-2;1-4(2)3/h3-7H2,1-2H3;(H2,1,2,3)/p-1. The van der Waals surface area contributed by atoms with E-state index in [0.717, 1.165) is 0 Å². The molecular formula is C7H17O3S-. The normalized spacial score (nSPS) is 11.6. The molecule has 0 bridgehead atoms. The fourth-order valence-electron chi connectivity index (χ4n) is 0.677. The van der Waals surface area contributed by atoms with E-state index < -0.39 is 11.4 Å². The highest BCUT2D eigenvalue weighted by molar-refractivity contribution is 7.73. The van der Waals surface area contributed by atoms with Crippen molar-refractivity contribution in [3.8, 4) is 0 Å². The molecule has 0 rings (SSSR count).